The first-order valence-corrected chi connectivity index (χ1v) is 8.33. The minimum atomic E-state index is -0.297. The molecule has 0 saturated carbocycles. The molecule has 1 atom stereocenters. The van der Waals surface area contributed by atoms with E-state index in [1.165, 1.54) is 19.2 Å². The molecule has 0 fully saturated rings. The Morgan fingerprint density at radius 1 is 1.12 bits per heavy atom. The zero-order chi connectivity index (χ0) is 18.4. The average molecular weight is 345 g/mol. The number of nitrogens with one attached hydrogen (secondary N) is 1. The molecule has 2 aromatic rings. The first-order valence-electron chi connectivity index (χ1n) is 8.33. The van der Waals surface area contributed by atoms with Crippen molar-refractivity contribution in [2.75, 3.05) is 13.7 Å². The van der Waals surface area contributed by atoms with Crippen molar-refractivity contribution in [3.05, 3.63) is 59.4 Å². The number of amides is 1. The van der Waals surface area contributed by atoms with Crippen LogP contribution in [0.4, 0.5) is 4.39 Å². The van der Waals surface area contributed by atoms with E-state index in [-0.39, 0.29) is 23.7 Å². The number of rotatable bonds is 7. The van der Waals surface area contributed by atoms with E-state index in [4.69, 9.17) is 9.47 Å². The van der Waals surface area contributed by atoms with E-state index in [1.54, 1.807) is 30.3 Å². The Kier molecular flexibility index (Phi) is 6.39. The van der Waals surface area contributed by atoms with Crippen LogP contribution in [0.15, 0.2) is 42.5 Å². The maximum atomic E-state index is 13.1. The Labute approximate surface area is 148 Å². The van der Waals surface area contributed by atoms with Crippen molar-refractivity contribution in [2.45, 2.75) is 26.8 Å². The number of carbonyl (C=O) groups excluding carboxylic acids is 1. The molecular weight excluding hydrogens is 321 g/mol. The maximum Gasteiger partial charge on any atom is 0.251 e. The van der Waals surface area contributed by atoms with Gasteiger partial charge in [-0.3, -0.25) is 4.79 Å². The van der Waals surface area contributed by atoms with E-state index in [9.17, 15) is 9.18 Å². The number of methoxy groups -OCH3 is 1. The van der Waals surface area contributed by atoms with Crippen LogP contribution >= 0.6 is 0 Å². The molecule has 0 bridgehead atoms. The molecule has 0 aromatic heterocycles. The Morgan fingerprint density at radius 3 is 2.36 bits per heavy atom. The minimum absolute atomic E-state index is 0.152. The third kappa shape index (κ3) is 4.72. The van der Waals surface area contributed by atoms with E-state index >= 15 is 0 Å². The Hall–Kier alpha value is -2.56. The molecule has 25 heavy (non-hydrogen) atoms. The largest absolute Gasteiger partial charge is 0.493 e. The van der Waals surface area contributed by atoms with Crippen LogP contribution in [-0.4, -0.2) is 19.6 Å². The second-order valence-electron chi connectivity index (χ2n) is 6.05. The minimum Gasteiger partial charge on any atom is -0.493 e. The van der Waals surface area contributed by atoms with Crippen LogP contribution in [0.5, 0.6) is 11.5 Å². The highest BCUT2D eigenvalue weighted by Gasteiger charge is 2.20. The number of ether oxygens (including phenoxy) is 2. The van der Waals surface area contributed by atoms with Crippen molar-refractivity contribution in [3.8, 4) is 11.5 Å². The van der Waals surface area contributed by atoms with Crippen LogP contribution in [0, 0.1) is 11.7 Å². The van der Waals surface area contributed by atoms with E-state index in [2.05, 4.69) is 5.32 Å². The lowest BCUT2D eigenvalue weighted by molar-refractivity contribution is 0.0925. The van der Waals surface area contributed by atoms with E-state index < -0.39 is 0 Å². The second kappa shape index (κ2) is 8.51. The SMILES string of the molecule is CCOc1ccc(C(=O)NC(c2ccc(F)cc2)C(C)C)cc1OC. The highest BCUT2D eigenvalue weighted by molar-refractivity contribution is 5.95. The summed E-state index contributed by atoms with van der Waals surface area (Å²) in [7, 11) is 1.54. The normalized spacial score (nSPS) is 11.9. The lowest BCUT2D eigenvalue weighted by atomic mass is 9.95. The molecule has 0 aliphatic heterocycles. The topological polar surface area (TPSA) is 47.6 Å². The first-order chi connectivity index (χ1) is 12.0. The van der Waals surface area contributed by atoms with Crippen LogP contribution in [0.3, 0.4) is 0 Å². The third-order valence-electron chi connectivity index (χ3n) is 3.91. The summed E-state index contributed by atoms with van der Waals surface area (Å²) in [5, 5.41) is 3.01. The predicted octanol–water partition coefficient (Wildman–Crippen LogP) is 4.36. The summed E-state index contributed by atoms with van der Waals surface area (Å²) in [6, 6.07) is 11.0. The highest BCUT2D eigenvalue weighted by atomic mass is 19.1. The molecule has 0 spiro atoms. The quantitative estimate of drug-likeness (QED) is 0.811. The third-order valence-corrected chi connectivity index (χ3v) is 3.91. The van der Waals surface area contributed by atoms with Gasteiger partial charge >= 0.3 is 0 Å². The lowest BCUT2D eigenvalue weighted by Gasteiger charge is -2.23. The molecule has 0 aliphatic rings. The van der Waals surface area contributed by atoms with Gasteiger partial charge in [0.1, 0.15) is 5.82 Å². The number of benzene rings is 2. The van der Waals surface area contributed by atoms with Crippen LogP contribution in [0.2, 0.25) is 0 Å². The van der Waals surface area contributed by atoms with Gasteiger partial charge in [0.05, 0.1) is 19.8 Å². The molecule has 0 aliphatic carbocycles. The fourth-order valence-electron chi connectivity index (χ4n) is 2.61. The van der Waals surface area contributed by atoms with E-state index in [0.29, 0.717) is 23.7 Å². The van der Waals surface area contributed by atoms with Gasteiger partial charge < -0.3 is 14.8 Å². The van der Waals surface area contributed by atoms with E-state index in [0.717, 1.165) is 5.56 Å². The van der Waals surface area contributed by atoms with E-state index in [1.807, 2.05) is 20.8 Å². The molecule has 1 N–H and O–H groups in total. The number of hydrogen-bond acceptors (Lipinski definition) is 3. The van der Waals surface area contributed by atoms with Gasteiger partial charge in [-0.05, 0) is 48.7 Å². The molecular formula is C20H24FNO3. The van der Waals surface area contributed by atoms with Crippen LogP contribution < -0.4 is 14.8 Å². The zero-order valence-electron chi connectivity index (χ0n) is 15.0. The van der Waals surface area contributed by atoms with Crippen molar-refractivity contribution in [1.29, 1.82) is 0 Å². The molecule has 5 heteroatoms. The van der Waals surface area contributed by atoms with Gasteiger partial charge in [0.2, 0.25) is 0 Å². The molecule has 4 nitrogen and oxygen atoms in total. The predicted molar refractivity (Wildman–Crippen MR) is 95.6 cm³/mol. The molecule has 0 radical (unpaired) electrons. The van der Waals surface area contributed by atoms with Crippen LogP contribution in [0.25, 0.3) is 0 Å². The van der Waals surface area contributed by atoms with Gasteiger partial charge in [0, 0.05) is 5.56 Å². The summed E-state index contributed by atoms with van der Waals surface area (Å²) < 4.78 is 23.9. The molecule has 0 saturated heterocycles. The maximum absolute atomic E-state index is 13.1. The van der Waals surface area contributed by atoms with Crippen molar-refractivity contribution in [2.24, 2.45) is 5.92 Å². The van der Waals surface area contributed by atoms with Crippen LogP contribution in [-0.2, 0) is 0 Å². The summed E-state index contributed by atoms with van der Waals surface area (Å²) in [4.78, 5) is 12.7. The molecule has 134 valence electrons. The van der Waals surface area contributed by atoms with Gasteiger partial charge in [0.25, 0.3) is 5.91 Å². The monoisotopic (exact) mass is 345 g/mol. The zero-order valence-corrected chi connectivity index (χ0v) is 15.0. The van der Waals surface area contributed by atoms with Crippen molar-refractivity contribution < 1.29 is 18.7 Å². The molecule has 1 amide bonds. The fourth-order valence-corrected chi connectivity index (χ4v) is 2.61. The fraction of sp³-hybridized carbons (Fsp3) is 0.350. The summed E-state index contributed by atoms with van der Waals surface area (Å²) >= 11 is 0. The summed E-state index contributed by atoms with van der Waals surface area (Å²) in [5.41, 5.74) is 1.34. The summed E-state index contributed by atoms with van der Waals surface area (Å²) in [6.45, 7) is 6.41. The number of hydrogen-bond donors (Lipinski definition) is 1. The van der Waals surface area contributed by atoms with Gasteiger partial charge in [-0.2, -0.15) is 0 Å². The average Bonchev–Trinajstić information content (AvgIpc) is 2.60. The molecule has 1 unspecified atom stereocenters. The summed E-state index contributed by atoms with van der Waals surface area (Å²) in [6.07, 6.45) is 0. The van der Waals surface area contributed by atoms with Gasteiger partial charge in [-0.1, -0.05) is 26.0 Å². The standard InChI is InChI=1S/C20H24FNO3/c1-5-25-17-11-8-15(12-18(17)24-4)20(23)22-19(13(2)3)14-6-9-16(21)10-7-14/h6-13,19H,5H2,1-4H3,(H,22,23). The molecule has 2 rings (SSSR count). The summed E-state index contributed by atoms with van der Waals surface area (Å²) in [5.74, 6) is 0.745. The molecule has 2 aromatic carbocycles. The highest BCUT2D eigenvalue weighted by Crippen LogP contribution is 2.29. The second-order valence-corrected chi connectivity index (χ2v) is 6.05. The van der Waals surface area contributed by atoms with Crippen molar-refractivity contribution >= 4 is 5.91 Å². The Balaban J connectivity index is 2.22. The van der Waals surface area contributed by atoms with Gasteiger partial charge in [-0.15, -0.1) is 0 Å². The van der Waals surface area contributed by atoms with Crippen molar-refractivity contribution in [3.63, 3.8) is 0 Å². The molecule has 0 heterocycles. The number of halogens is 1. The van der Waals surface area contributed by atoms with Crippen LogP contribution in [0.1, 0.15) is 42.7 Å². The lowest BCUT2D eigenvalue weighted by Crippen LogP contribution is -2.31. The Morgan fingerprint density at radius 2 is 1.80 bits per heavy atom. The first kappa shape index (κ1) is 18.8. The van der Waals surface area contributed by atoms with Gasteiger partial charge in [-0.25, -0.2) is 4.39 Å². The number of carbonyl (C=O) groups is 1. The van der Waals surface area contributed by atoms with Crippen molar-refractivity contribution in [1.82, 2.24) is 5.32 Å². The van der Waals surface area contributed by atoms with Gasteiger partial charge in [0.15, 0.2) is 11.5 Å². The smallest absolute Gasteiger partial charge is 0.251 e. The Bertz CT molecular complexity index is 713.